The van der Waals surface area contributed by atoms with Gasteiger partial charge in [-0.3, -0.25) is 4.42 Å². The highest BCUT2D eigenvalue weighted by Crippen LogP contribution is 2.22. The summed E-state index contributed by atoms with van der Waals surface area (Å²) in [5.41, 5.74) is 0.499. The van der Waals surface area contributed by atoms with E-state index < -0.39 is 0 Å². The van der Waals surface area contributed by atoms with Crippen LogP contribution in [0.3, 0.4) is 0 Å². The molecule has 10 heavy (non-hydrogen) atoms. The van der Waals surface area contributed by atoms with Crippen molar-refractivity contribution >= 4 is 29.3 Å². The zero-order valence-corrected chi connectivity index (χ0v) is 6.61. The molecule has 0 N–H and O–H groups in total. The molecular weight excluding hydrogens is 173 g/mol. The van der Waals surface area contributed by atoms with E-state index in [2.05, 4.69) is 0 Å². The molecule has 1 aliphatic rings. The van der Waals surface area contributed by atoms with Crippen LogP contribution < -0.4 is 0 Å². The van der Waals surface area contributed by atoms with Gasteiger partial charge in [-0.25, -0.2) is 4.79 Å². The minimum absolute atomic E-state index is 0.385. The lowest BCUT2D eigenvalue weighted by Gasteiger charge is -2.16. The Morgan fingerprint density at radius 3 is 2.90 bits per heavy atom. The number of hydrogen-bond acceptors (Lipinski definition) is 2. The van der Waals surface area contributed by atoms with Crippen molar-refractivity contribution in [2.45, 2.75) is 6.42 Å². The first-order chi connectivity index (χ1) is 4.74. The lowest BCUT2D eigenvalue weighted by molar-refractivity contribution is 0.556. The van der Waals surface area contributed by atoms with Crippen molar-refractivity contribution in [2.24, 2.45) is 0 Å². The summed E-state index contributed by atoms with van der Waals surface area (Å²) in [7, 11) is 0. The van der Waals surface area contributed by atoms with Crippen LogP contribution in [0.25, 0.3) is 0 Å². The van der Waals surface area contributed by atoms with Crippen LogP contribution in [0.2, 0.25) is 0 Å². The third kappa shape index (κ3) is 1.54. The molecule has 0 amide bonds. The van der Waals surface area contributed by atoms with E-state index in [1.807, 2.05) is 0 Å². The van der Waals surface area contributed by atoms with E-state index in [4.69, 9.17) is 23.4 Å². The van der Waals surface area contributed by atoms with Crippen molar-refractivity contribution in [1.29, 1.82) is 0 Å². The van der Waals surface area contributed by atoms with E-state index in [-0.39, 0.29) is 0 Å². The highest BCUT2D eigenvalue weighted by atomic mass is 35.5. The first-order valence-electron chi connectivity index (χ1n) is 2.78. The molecule has 0 atom stereocenters. The molecule has 2 nitrogen and oxygen atoms in total. The second kappa shape index (κ2) is 3.11. The number of carbonyl (C=O) groups excluding carboxylic acids is 1. The van der Waals surface area contributed by atoms with Crippen molar-refractivity contribution in [1.82, 2.24) is 4.42 Å². The van der Waals surface area contributed by atoms with E-state index in [9.17, 15) is 4.79 Å². The van der Waals surface area contributed by atoms with Crippen molar-refractivity contribution in [3.05, 3.63) is 16.8 Å². The summed E-state index contributed by atoms with van der Waals surface area (Å²) in [6.07, 6.45) is 2.08. The van der Waals surface area contributed by atoms with Gasteiger partial charge in [-0.05, 0) is 0 Å². The second-order valence-corrected chi connectivity index (χ2v) is 2.77. The molecule has 0 aromatic rings. The fraction of sp³-hybridized carbons (Fsp3) is 0.333. The maximum atomic E-state index is 10.1. The molecule has 1 aliphatic heterocycles. The molecule has 0 spiro atoms. The Morgan fingerprint density at radius 1 is 1.70 bits per heavy atom. The standard InChI is InChI=1S/C6H5Cl2NO/c7-6-3-9(8)2-1-5(6)4-10/h3H,1-2H2. The summed E-state index contributed by atoms with van der Waals surface area (Å²) >= 11 is 11.2. The highest BCUT2D eigenvalue weighted by Gasteiger charge is 2.12. The van der Waals surface area contributed by atoms with E-state index >= 15 is 0 Å². The molecule has 0 unspecified atom stereocenters. The van der Waals surface area contributed by atoms with Crippen molar-refractivity contribution in [3.8, 4) is 0 Å². The molecule has 0 aromatic carbocycles. The minimum Gasteiger partial charge on any atom is -0.291 e. The quantitative estimate of drug-likeness (QED) is 0.415. The first kappa shape index (κ1) is 7.67. The molecule has 0 bridgehead atoms. The number of halogens is 2. The number of nitrogens with zero attached hydrogens (tertiary/aromatic N) is 1. The fourth-order valence-electron chi connectivity index (χ4n) is 0.703. The van der Waals surface area contributed by atoms with Crippen LogP contribution in [-0.4, -0.2) is 16.9 Å². The van der Waals surface area contributed by atoms with Gasteiger partial charge in [0.25, 0.3) is 0 Å². The van der Waals surface area contributed by atoms with Gasteiger partial charge in [-0.15, -0.1) is 0 Å². The van der Waals surface area contributed by atoms with Crippen LogP contribution in [0, 0.1) is 0 Å². The molecule has 0 aliphatic carbocycles. The van der Waals surface area contributed by atoms with Gasteiger partial charge in [-0.2, -0.15) is 0 Å². The van der Waals surface area contributed by atoms with E-state index in [1.165, 1.54) is 10.6 Å². The maximum absolute atomic E-state index is 10.1. The Kier molecular flexibility index (Phi) is 2.39. The van der Waals surface area contributed by atoms with Gasteiger partial charge in [0.2, 0.25) is 0 Å². The van der Waals surface area contributed by atoms with Crippen LogP contribution >= 0.6 is 23.4 Å². The topological polar surface area (TPSA) is 20.3 Å². The molecule has 54 valence electrons. The lowest BCUT2D eigenvalue weighted by atomic mass is 10.2. The molecule has 1 heterocycles. The molecule has 4 heteroatoms. The molecule has 1 rings (SSSR count). The van der Waals surface area contributed by atoms with Crippen molar-refractivity contribution < 1.29 is 4.79 Å². The van der Waals surface area contributed by atoms with Gasteiger partial charge in [0.05, 0.1) is 10.6 Å². The Labute approximate surface area is 68.8 Å². The van der Waals surface area contributed by atoms with Crippen LogP contribution in [0.1, 0.15) is 6.42 Å². The van der Waals surface area contributed by atoms with Crippen LogP contribution in [-0.2, 0) is 4.79 Å². The summed E-state index contributed by atoms with van der Waals surface area (Å²) in [4.78, 5) is 10.1. The normalized spacial score (nSPS) is 18.4. The average molecular weight is 178 g/mol. The van der Waals surface area contributed by atoms with Gasteiger partial charge in [0.15, 0.2) is 0 Å². The Bertz CT molecular complexity index is 218. The van der Waals surface area contributed by atoms with Crippen LogP contribution in [0.5, 0.6) is 0 Å². The summed E-state index contributed by atoms with van der Waals surface area (Å²) in [6, 6.07) is 0. The zero-order chi connectivity index (χ0) is 7.56. The largest absolute Gasteiger partial charge is 0.291 e. The summed E-state index contributed by atoms with van der Waals surface area (Å²) in [6.45, 7) is 0.613. The Balaban J connectivity index is 2.87. The lowest BCUT2D eigenvalue weighted by Crippen LogP contribution is -2.12. The summed E-state index contributed by atoms with van der Waals surface area (Å²) < 4.78 is 1.42. The van der Waals surface area contributed by atoms with Gasteiger partial charge in [-0.1, -0.05) is 11.6 Å². The Hall–Kier alpha value is -0.430. The van der Waals surface area contributed by atoms with E-state index in [0.29, 0.717) is 23.6 Å². The Morgan fingerprint density at radius 2 is 2.40 bits per heavy atom. The number of allylic oxidation sites excluding steroid dienone is 1. The third-order valence-electron chi connectivity index (χ3n) is 1.24. The van der Waals surface area contributed by atoms with Crippen molar-refractivity contribution in [2.75, 3.05) is 6.54 Å². The monoisotopic (exact) mass is 177 g/mol. The zero-order valence-electron chi connectivity index (χ0n) is 5.10. The minimum atomic E-state index is 0.385. The summed E-state index contributed by atoms with van der Waals surface area (Å²) in [5.74, 6) is 1.76. The molecule has 0 aromatic heterocycles. The van der Waals surface area contributed by atoms with Gasteiger partial charge in [0, 0.05) is 30.9 Å². The average Bonchev–Trinajstić information content (AvgIpc) is 1.88. The third-order valence-corrected chi connectivity index (χ3v) is 1.83. The highest BCUT2D eigenvalue weighted by molar-refractivity contribution is 6.33. The second-order valence-electron chi connectivity index (χ2n) is 1.93. The number of rotatable bonds is 0. The van der Waals surface area contributed by atoms with Crippen LogP contribution in [0.15, 0.2) is 16.8 Å². The maximum Gasteiger partial charge on any atom is 0.129 e. The molecule has 0 saturated carbocycles. The predicted molar refractivity (Wildman–Crippen MR) is 40.3 cm³/mol. The molecular formula is C6H5Cl2NO. The smallest absolute Gasteiger partial charge is 0.129 e. The first-order valence-corrected chi connectivity index (χ1v) is 3.49. The summed E-state index contributed by atoms with van der Waals surface area (Å²) in [5, 5.41) is 0.385. The predicted octanol–water partition coefficient (Wildman–Crippen LogP) is 1.68. The SMILES string of the molecule is O=C=C1CCN(Cl)C=C1Cl. The van der Waals surface area contributed by atoms with Crippen molar-refractivity contribution in [3.63, 3.8) is 0 Å². The fourth-order valence-corrected chi connectivity index (χ4v) is 1.19. The number of hydrogen-bond donors (Lipinski definition) is 0. The van der Waals surface area contributed by atoms with Crippen LogP contribution in [0.4, 0.5) is 0 Å². The van der Waals surface area contributed by atoms with Gasteiger partial charge < -0.3 is 0 Å². The molecule has 0 fully saturated rings. The van der Waals surface area contributed by atoms with E-state index in [1.54, 1.807) is 5.94 Å². The molecule has 0 radical (unpaired) electrons. The van der Waals surface area contributed by atoms with Gasteiger partial charge >= 0.3 is 0 Å². The van der Waals surface area contributed by atoms with Gasteiger partial charge in [0.1, 0.15) is 5.94 Å². The van der Waals surface area contributed by atoms with E-state index in [0.717, 1.165) is 0 Å². The molecule has 0 saturated heterocycles.